The quantitative estimate of drug-likeness (QED) is 0.803. The predicted molar refractivity (Wildman–Crippen MR) is 78.5 cm³/mol. The predicted octanol–water partition coefficient (Wildman–Crippen LogP) is 4.40. The minimum Gasteiger partial charge on any atom is -0.389 e. The van der Waals surface area contributed by atoms with Gasteiger partial charge >= 0.3 is 0 Å². The van der Waals surface area contributed by atoms with Crippen LogP contribution in [-0.2, 0) is 12.8 Å². The Bertz CT molecular complexity index is 656. The van der Waals surface area contributed by atoms with Crippen LogP contribution in [0.3, 0.4) is 0 Å². The molecule has 2 aromatic rings. The maximum Gasteiger partial charge on any atom is 0.143 e. The van der Waals surface area contributed by atoms with Crippen molar-refractivity contribution >= 4 is 15.9 Å². The van der Waals surface area contributed by atoms with E-state index in [1.807, 2.05) is 0 Å². The van der Waals surface area contributed by atoms with Gasteiger partial charge in [0.25, 0.3) is 0 Å². The molecule has 0 aliphatic carbocycles. The van der Waals surface area contributed by atoms with Crippen LogP contribution < -0.4 is 0 Å². The fraction of sp³-hybridized carbons (Fsp3) is 0.250. The van der Waals surface area contributed by atoms with Crippen molar-refractivity contribution in [1.82, 2.24) is 0 Å². The summed E-state index contributed by atoms with van der Waals surface area (Å²) < 4.78 is 41.4. The summed E-state index contributed by atoms with van der Waals surface area (Å²) in [6.07, 6.45) is -0.288. The topological polar surface area (TPSA) is 20.2 Å². The molecule has 1 atom stereocenters. The van der Waals surface area contributed by atoms with Crippen molar-refractivity contribution in [1.29, 1.82) is 0 Å². The Morgan fingerprint density at radius 1 is 1.00 bits per heavy atom. The van der Waals surface area contributed by atoms with Gasteiger partial charge in [-0.3, -0.25) is 0 Å². The molecule has 0 aliphatic heterocycles. The second kappa shape index (κ2) is 6.20. The van der Waals surface area contributed by atoms with Gasteiger partial charge < -0.3 is 5.11 Å². The van der Waals surface area contributed by atoms with E-state index in [-0.39, 0.29) is 22.9 Å². The summed E-state index contributed by atoms with van der Waals surface area (Å²) in [6, 6.07) is 8.40. The smallest absolute Gasteiger partial charge is 0.143 e. The largest absolute Gasteiger partial charge is 0.389 e. The Hall–Kier alpha value is -1.33. The van der Waals surface area contributed by atoms with E-state index >= 15 is 0 Å². The van der Waals surface area contributed by atoms with Crippen LogP contribution in [0, 0.1) is 17.5 Å². The molecule has 0 aromatic heterocycles. The van der Waals surface area contributed by atoms with Gasteiger partial charge in [-0.2, -0.15) is 0 Å². The molecule has 0 fully saturated rings. The van der Waals surface area contributed by atoms with Crippen LogP contribution in [0.25, 0.3) is 0 Å². The van der Waals surface area contributed by atoms with Gasteiger partial charge in [0.15, 0.2) is 0 Å². The summed E-state index contributed by atoms with van der Waals surface area (Å²) in [4.78, 5) is 0. The summed E-state index contributed by atoms with van der Waals surface area (Å²) >= 11 is 2.98. The molecular formula is C16H14BrF3O. The van der Waals surface area contributed by atoms with Crippen LogP contribution in [0.15, 0.2) is 40.9 Å². The molecule has 1 unspecified atom stereocenters. The number of halogens is 4. The second-order valence-corrected chi connectivity index (χ2v) is 6.12. The van der Waals surface area contributed by atoms with E-state index in [4.69, 9.17) is 0 Å². The van der Waals surface area contributed by atoms with Crippen molar-refractivity contribution in [2.75, 3.05) is 0 Å². The van der Waals surface area contributed by atoms with Crippen LogP contribution in [-0.4, -0.2) is 10.7 Å². The van der Waals surface area contributed by atoms with Gasteiger partial charge in [-0.1, -0.05) is 18.2 Å². The average molecular weight is 359 g/mol. The maximum atomic E-state index is 13.9. The summed E-state index contributed by atoms with van der Waals surface area (Å²) in [5.74, 6) is -1.93. The van der Waals surface area contributed by atoms with Crippen LogP contribution in [0.2, 0.25) is 0 Å². The number of aliphatic hydroxyl groups is 1. The van der Waals surface area contributed by atoms with Crippen LogP contribution in [0.1, 0.15) is 18.1 Å². The molecule has 0 amide bonds. The van der Waals surface area contributed by atoms with Gasteiger partial charge in [0.05, 0.1) is 10.1 Å². The monoisotopic (exact) mass is 358 g/mol. The first-order chi connectivity index (χ1) is 9.80. The lowest BCUT2D eigenvalue weighted by atomic mass is 9.89. The fourth-order valence-electron chi connectivity index (χ4n) is 2.23. The summed E-state index contributed by atoms with van der Waals surface area (Å²) in [7, 11) is 0. The van der Waals surface area contributed by atoms with E-state index in [0.717, 1.165) is 6.07 Å². The van der Waals surface area contributed by atoms with E-state index in [2.05, 4.69) is 15.9 Å². The lowest BCUT2D eigenvalue weighted by Gasteiger charge is -2.24. The Labute approximate surface area is 129 Å². The van der Waals surface area contributed by atoms with Gasteiger partial charge in [-0.05, 0) is 46.6 Å². The molecule has 0 spiro atoms. The molecule has 1 nitrogen and oxygen atoms in total. The number of benzene rings is 2. The number of hydrogen-bond acceptors (Lipinski definition) is 1. The number of hydrogen-bond donors (Lipinski definition) is 1. The Morgan fingerprint density at radius 2 is 1.67 bits per heavy atom. The zero-order valence-electron chi connectivity index (χ0n) is 11.3. The van der Waals surface area contributed by atoms with Crippen molar-refractivity contribution in [2.45, 2.75) is 25.4 Å². The zero-order chi connectivity index (χ0) is 15.6. The third kappa shape index (κ3) is 3.86. The zero-order valence-corrected chi connectivity index (χ0v) is 12.9. The molecule has 0 heterocycles. The molecule has 2 rings (SSSR count). The van der Waals surface area contributed by atoms with Crippen molar-refractivity contribution in [3.63, 3.8) is 0 Å². The van der Waals surface area contributed by atoms with Crippen LogP contribution in [0.4, 0.5) is 13.2 Å². The molecule has 0 radical (unpaired) electrons. The van der Waals surface area contributed by atoms with Gasteiger partial charge in [-0.25, -0.2) is 13.2 Å². The molecule has 5 heteroatoms. The van der Waals surface area contributed by atoms with Crippen LogP contribution in [0.5, 0.6) is 0 Å². The average Bonchev–Trinajstić information content (AvgIpc) is 2.42. The van der Waals surface area contributed by atoms with Gasteiger partial charge in [0.1, 0.15) is 17.5 Å². The molecule has 0 bridgehead atoms. The normalized spacial score (nSPS) is 14.0. The third-order valence-corrected chi connectivity index (χ3v) is 3.84. The van der Waals surface area contributed by atoms with Gasteiger partial charge in [-0.15, -0.1) is 0 Å². The van der Waals surface area contributed by atoms with E-state index in [9.17, 15) is 18.3 Å². The van der Waals surface area contributed by atoms with Crippen molar-refractivity contribution in [2.24, 2.45) is 0 Å². The first-order valence-electron chi connectivity index (χ1n) is 6.38. The lowest BCUT2D eigenvalue weighted by Crippen LogP contribution is -2.31. The standard InChI is InChI=1S/C16H14BrF3O/c1-16(21,8-10-4-2-3-5-13(10)18)9-11-14(19)7-6-12(17)15(11)20/h2-7,21H,8-9H2,1H3. The molecular weight excluding hydrogens is 345 g/mol. The number of rotatable bonds is 4. The van der Waals surface area contributed by atoms with E-state index < -0.39 is 23.1 Å². The van der Waals surface area contributed by atoms with Gasteiger partial charge in [0, 0.05) is 18.4 Å². The first-order valence-corrected chi connectivity index (χ1v) is 7.17. The van der Waals surface area contributed by atoms with Crippen molar-refractivity contribution in [3.8, 4) is 0 Å². The molecule has 112 valence electrons. The molecule has 0 aliphatic rings. The van der Waals surface area contributed by atoms with E-state index in [1.54, 1.807) is 12.1 Å². The highest BCUT2D eigenvalue weighted by molar-refractivity contribution is 9.10. The van der Waals surface area contributed by atoms with Crippen molar-refractivity contribution in [3.05, 3.63) is 69.4 Å². The molecule has 21 heavy (non-hydrogen) atoms. The maximum absolute atomic E-state index is 13.9. The van der Waals surface area contributed by atoms with E-state index in [1.165, 1.54) is 25.1 Å². The molecule has 0 saturated carbocycles. The summed E-state index contributed by atoms with van der Waals surface area (Å²) in [5, 5.41) is 10.4. The first kappa shape index (κ1) is 16.0. The molecule has 1 N–H and O–H groups in total. The molecule has 0 saturated heterocycles. The highest BCUT2D eigenvalue weighted by Crippen LogP contribution is 2.27. The summed E-state index contributed by atoms with van der Waals surface area (Å²) in [5.41, 5.74) is -1.38. The second-order valence-electron chi connectivity index (χ2n) is 5.26. The van der Waals surface area contributed by atoms with E-state index in [0.29, 0.717) is 5.56 Å². The molecule has 2 aromatic carbocycles. The summed E-state index contributed by atoms with van der Waals surface area (Å²) in [6.45, 7) is 1.43. The minimum absolute atomic E-state index is 0.0366. The highest BCUT2D eigenvalue weighted by Gasteiger charge is 2.27. The SMILES string of the molecule is CC(O)(Cc1ccccc1F)Cc1c(F)ccc(Br)c1F. The van der Waals surface area contributed by atoms with Crippen LogP contribution >= 0.6 is 15.9 Å². The highest BCUT2D eigenvalue weighted by atomic mass is 79.9. The third-order valence-electron chi connectivity index (χ3n) is 3.23. The van der Waals surface area contributed by atoms with Crippen molar-refractivity contribution < 1.29 is 18.3 Å². The minimum atomic E-state index is -1.47. The lowest BCUT2D eigenvalue weighted by molar-refractivity contribution is 0.0580. The Balaban J connectivity index is 2.26. The Morgan fingerprint density at radius 3 is 2.33 bits per heavy atom. The van der Waals surface area contributed by atoms with Gasteiger partial charge in [0.2, 0.25) is 0 Å². The fourth-order valence-corrected chi connectivity index (χ4v) is 2.60. The Kier molecular flexibility index (Phi) is 4.74.